The highest BCUT2D eigenvalue weighted by atomic mass is 16.6. The quantitative estimate of drug-likeness (QED) is 0.850. The van der Waals surface area contributed by atoms with Gasteiger partial charge in [0.1, 0.15) is 5.60 Å². The van der Waals surface area contributed by atoms with Crippen molar-refractivity contribution in [2.75, 3.05) is 6.54 Å². The summed E-state index contributed by atoms with van der Waals surface area (Å²) in [5.41, 5.74) is -1.11. The minimum absolute atomic E-state index is 0.0639. The van der Waals surface area contributed by atoms with Crippen LogP contribution in [0.25, 0.3) is 0 Å². The van der Waals surface area contributed by atoms with E-state index in [1.165, 1.54) is 0 Å². The third-order valence-corrected chi connectivity index (χ3v) is 5.74. The SMILES string of the molecule is CC(C)(C)OC(=O)N1C[C@@H]2C[C@H]1C2C1(C(=O)O)CCCCC1. The third kappa shape index (κ3) is 2.38. The first-order valence-electron chi connectivity index (χ1n) is 8.48. The Hall–Kier alpha value is -1.26. The van der Waals surface area contributed by atoms with Crippen LogP contribution >= 0.6 is 0 Å². The number of carbonyl (C=O) groups excluding carboxylic acids is 1. The Morgan fingerprint density at radius 3 is 2.36 bits per heavy atom. The van der Waals surface area contributed by atoms with Crippen LogP contribution in [0.15, 0.2) is 0 Å². The number of carboxylic acids is 1. The van der Waals surface area contributed by atoms with Crippen LogP contribution < -0.4 is 0 Å². The predicted molar refractivity (Wildman–Crippen MR) is 81.5 cm³/mol. The van der Waals surface area contributed by atoms with E-state index in [0.717, 1.165) is 38.5 Å². The smallest absolute Gasteiger partial charge is 0.410 e. The summed E-state index contributed by atoms with van der Waals surface area (Å²) in [6.07, 6.45) is 5.32. The second kappa shape index (κ2) is 5.14. The highest BCUT2D eigenvalue weighted by Crippen LogP contribution is 2.59. The van der Waals surface area contributed by atoms with Gasteiger partial charge in [0.2, 0.25) is 0 Å². The lowest BCUT2D eigenvalue weighted by Gasteiger charge is -2.49. The summed E-state index contributed by atoms with van der Waals surface area (Å²) in [7, 11) is 0. The van der Waals surface area contributed by atoms with E-state index >= 15 is 0 Å². The molecule has 2 saturated carbocycles. The second-order valence-corrected chi connectivity index (χ2v) is 8.24. The van der Waals surface area contributed by atoms with Crippen LogP contribution in [-0.2, 0) is 9.53 Å². The van der Waals surface area contributed by atoms with E-state index in [1.807, 2.05) is 20.8 Å². The topological polar surface area (TPSA) is 66.8 Å². The first-order valence-corrected chi connectivity index (χ1v) is 8.48. The molecule has 2 aliphatic heterocycles. The number of ether oxygens (including phenoxy) is 1. The number of fused-ring (bicyclic) bond motifs is 1. The molecule has 4 aliphatic rings. The van der Waals surface area contributed by atoms with Gasteiger partial charge in [-0.2, -0.15) is 0 Å². The van der Waals surface area contributed by atoms with Crippen molar-refractivity contribution in [1.29, 1.82) is 0 Å². The van der Waals surface area contributed by atoms with Crippen LogP contribution in [0.4, 0.5) is 4.79 Å². The molecule has 0 radical (unpaired) electrons. The number of amides is 1. The molecular formula is C17H27NO4. The molecule has 2 aliphatic carbocycles. The highest BCUT2D eigenvalue weighted by molar-refractivity contribution is 5.77. The molecule has 0 aromatic carbocycles. The first-order chi connectivity index (χ1) is 10.2. The fourth-order valence-electron chi connectivity index (χ4n) is 4.84. The monoisotopic (exact) mass is 309 g/mol. The molecule has 0 aromatic rings. The van der Waals surface area contributed by atoms with Crippen LogP contribution in [-0.4, -0.2) is 40.3 Å². The number of nitrogens with zero attached hydrogens (tertiary/aromatic N) is 1. The number of hydrogen-bond donors (Lipinski definition) is 1. The molecule has 2 bridgehead atoms. The third-order valence-electron chi connectivity index (χ3n) is 5.74. The Balaban J connectivity index is 1.76. The average molecular weight is 309 g/mol. The van der Waals surface area contributed by atoms with Crippen molar-refractivity contribution in [1.82, 2.24) is 4.90 Å². The molecule has 5 nitrogen and oxygen atoms in total. The Kier molecular flexibility index (Phi) is 3.65. The van der Waals surface area contributed by atoms with Gasteiger partial charge < -0.3 is 14.7 Å². The van der Waals surface area contributed by atoms with Crippen LogP contribution in [0.1, 0.15) is 59.3 Å². The fraction of sp³-hybridized carbons (Fsp3) is 0.882. The molecular weight excluding hydrogens is 282 g/mol. The molecule has 2 saturated heterocycles. The number of hydrogen-bond acceptors (Lipinski definition) is 3. The zero-order valence-corrected chi connectivity index (χ0v) is 13.8. The van der Waals surface area contributed by atoms with E-state index < -0.39 is 17.0 Å². The van der Waals surface area contributed by atoms with Crippen LogP contribution in [0.3, 0.4) is 0 Å². The van der Waals surface area contributed by atoms with Crippen LogP contribution in [0.5, 0.6) is 0 Å². The lowest BCUT2D eigenvalue weighted by atomic mass is 9.54. The molecule has 1 unspecified atom stereocenters. The Morgan fingerprint density at radius 2 is 1.82 bits per heavy atom. The molecule has 1 amide bonds. The number of carbonyl (C=O) groups is 2. The normalized spacial score (nSPS) is 33.2. The van der Waals surface area contributed by atoms with Crippen molar-refractivity contribution in [2.24, 2.45) is 17.3 Å². The van der Waals surface area contributed by atoms with Crippen molar-refractivity contribution in [2.45, 2.75) is 70.9 Å². The van der Waals surface area contributed by atoms with Crippen LogP contribution in [0.2, 0.25) is 0 Å². The van der Waals surface area contributed by atoms with Gasteiger partial charge in [-0.15, -0.1) is 0 Å². The minimum Gasteiger partial charge on any atom is -0.481 e. The summed E-state index contributed by atoms with van der Waals surface area (Å²) in [6, 6.07) is 0.0639. The molecule has 0 aromatic heterocycles. The Bertz CT molecular complexity index is 476. The van der Waals surface area contributed by atoms with E-state index in [4.69, 9.17) is 4.74 Å². The summed E-state index contributed by atoms with van der Waals surface area (Å²) in [5, 5.41) is 9.86. The van der Waals surface area contributed by atoms with Gasteiger partial charge in [0, 0.05) is 18.5 Å². The predicted octanol–water partition coefficient (Wildman–Crippen LogP) is 3.28. The summed E-state index contributed by atoms with van der Waals surface area (Å²) in [4.78, 5) is 26.1. The summed E-state index contributed by atoms with van der Waals surface area (Å²) in [6.45, 7) is 6.26. The van der Waals surface area contributed by atoms with Gasteiger partial charge in [0.05, 0.1) is 5.41 Å². The summed E-state index contributed by atoms with van der Waals surface area (Å²) >= 11 is 0. The van der Waals surface area contributed by atoms with Crippen molar-refractivity contribution >= 4 is 12.1 Å². The summed E-state index contributed by atoms with van der Waals surface area (Å²) < 4.78 is 5.49. The Labute approximate surface area is 132 Å². The van der Waals surface area contributed by atoms with Crippen molar-refractivity contribution < 1.29 is 19.4 Å². The minimum atomic E-state index is -0.655. The molecule has 4 rings (SSSR count). The molecule has 1 N–H and O–H groups in total. The molecule has 124 valence electrons. The number of aliphatic carboxylic acids is 1. The van der Waals surface area contributed by atoms with Crippen molar-refractivity contribution in [3.8, 4) is 0 Å². The molecule has 3 atom stereocenters. The van der Waals surface area contributed by atoms with Gasteiger partial charge >= 0.3 is 12.1 Å². The maximum Gasteiger partial charge on any atom is 0.410 e. The van der Waals surface area contributed by atoms with Crippen molar-refractivity contribution in [3.05, 3.63) is 0 Å². The molecule has 22 heavy (non-hydrogen) atoms. The van der Waals surface area contributed by atoms with Gasteiger partial charge in [-0.1, -0.05) is 19.3 Å². The zero-order valence-electron chi connectivity index (χ0n) is 13.8. The molecule has 5 heteroatoms. The van der Waals surface area contributed by atoms with E-state index in [0.29, 0.717) is 12.5 Å². The largest absolute Gasteiger partial charge is 0.481 e. The van der Waals surface area contributed by atoms with Gasteiger partial charge in [0.15, 0.2) is 0 Å². The average Bonchev–Trinajstić information content (AvgIpc) is 2.96. The fourth-order valence-corrected chi connectivity index (χ4v) is 4.84. The summed E-state index contributed by atoms with van der Waals surface area (Å²) in [5.74, 6) is -0.192. The van der Waals surface area contributed by atoms with Gasteiger partial charge in [-0.05, 0) is 46.0 Å². The van der Waals surface area contributed by atoms with E-state index in [2.05, 4.69) is 0 Å². The molecule has 0 spiro atoms. The number of rotatable bonds is 2. The van der Waals surface area contributed by atoms with Gasteiger partial charge in [-0.3, -0.25) is 4.79 Å². The van der Waals surface area contributed by atoms with Gasteiger partial charge in [-0.25, -0.2) is 4.79 Å². The van der Waals surface area contributed by atoms with E-state index in [-0.39, 0.29) is 18.1 Å². The standard InChI is InChI=1S/C17H27NO4/c1-16(2,3)22-15(21)18-10-11-9-12(18)13(11)17(14(19)20)7-5-4-6-8-17/h11-13H,4-10H2,1-3H3,(H,19,20)/t11-,12-,13?/m0/s1. The van der Waals surface area contributed by atoms with E-state index in [1.54, 1.807) is 4.90 Å². The molecule has 2 heterocycles. The van der Waals surface area contributed by atoms with Crippen molar-refractivity contribution in [3.63, 3.8) is 0 Å². The zero-order chi connectivity index (χ0) is 16.1. The second-order valence-electron chi connectivity index (χ2n) is 8.24. The maximum atomic E-state index is 12.4. The highest BCUT2D eigenvalue weighted by Gasteiger charge is 2.64. The number of carboxylic acid groups (broad SMARTS) is 1. The Morgan fingerprint density at radius 1 is 1.18 bits per heavy atom. The van der Waals surface area contributed by atoms with Crippen LogP contribution in [0, 0.1) is 17.3 Å². The lowest BCUT2D eigenvalue weighted by Crippen LogP contribution is -2.54. The first kappa shape index (κ1) is 15.6. The van der Waals surface area contributed by atoms with E-state index in [9.17, 15) is 14.7 Å². The lowest BCUT2D eigenvalue weighted by molar-refractivity contribution is -0.161. The maximum absolute atomic E-state index is 12.4. The van der Waals surface area contributed by atoms with Gasteiger partial charge in [0.25, 0.3) is 0 Å². The molecule has 4 fully saturated rings.